The van der Waals surface area contributed by atoms with Crippen LogP contribution in [0, 0.1) is 0 Å². The van der Waals surface area contributed by atoms with Gasteiger partial charge in [-0.05, 0) is 31.5 Å². The van der Waals surface area contributed by atoms with Crippen LogP contribution in [-0.4, -0.2) is 27.2 Å². The van der Waals surface area contributed by atoms with Crippen LogP contribution in [0.25, 0.3) is 0 Å². The number of ketones is 1. The van der Waals surface area contributed by atoms with Gasteiger partial charge in [-0.3, -0.25) is 4.79 Å². The van der Waals surface area contributed by atoms with Crippen molar-refractivity contribution in [2.45, 2.75) is 26.5 Å². The summed E-state index contributed by atoms with van der Waals surface area (Å²) in [5.74, 6) is 0.473. The summed E-state index contributed by atoms with van der Waals surface area (Å²) >= 11 is 0. The molecular weight excluding hydrogens is 306 g/mol. The molecule has 1 atom stereocenters. The highest BCUT2D eigenvalue weighted by Crippen LogP contribution is 2.35. The first-order valence-electron chi connectivity index (χ1n) is 6.90. The number of hydrogen-bond donors (Lipinski definition) is 1. The number of hydrogen-bond acceptors (Lipinski definition) is 5. The summed E-state index contributed by atoms with van der Waals surface area (Å²) in [5, 5.41) is 7.19. The summed E-state index contributed by atoms with van der Waals surface area (Å²) < 4.78 is 30.4. The van der Waals surface area contributed by atoms with Crippen LogP contribution in [-0.2, 0) is 4.79 Å². The maximum Gasteiger partial charge on any atom is 0.387 e. The maximum atomic E-state index is 12.2. The molecule has 1 N–H and O–H groups in total. The van der Waals surface area contributed by atoms with E-state index in [4.69, 9.17) is 0 Å². The molecule has 2 heterocycles. The molecule has 1 aliphatic heterocycles. The second kappa shape index (κ2) is 5.79. The number of carbonyl (C=O) groups is 1. The van der Waals surface area contributed by atoms with E-state index in [1.807, 2.05) is 0 Å². The molecule has 0 unspecified atom stereocenters. The Morgan fingerprint density at radius 3 is 2.65 bits per heavy atom. The van der Waals surface area contributed by atoms with E-state index in [1.54, 1.807) is 23.7 Å². The second-order valence-electron chi connectivity index (χ2n) is 5.10. The highest BCUT2D eigenvalue weighted by Gasteiger charge is 2.31. The third-order valence-corrected chi connectivity index (χ3v) is 3.59. The van der Waals surface area contributed by atoms with Crippen molar-refractivity contribution in [3.05, 3.63) is 47.4 Å². The molecule has 0 aliphatic carbocycles. The van der Waals surface area contributed by atoms with Crippen LogP contribution < -0.4 is 10.1 Å². The fraction of sp³-hybridized carbons (Fsp3) is 0.267. The third-order valence-electron chi connectivity index (χ3n) is 3.59. The van der Waals surface area contributed by atoms with Gasteiger partial charge in [-0.2, -0.15) is 18.9 Å². The van der Waals surface area contributed by atoms with E-state index in [-0.39, 0.29) is 11.5 Å². The van der Waals surface area contributed by atoms with Crippen LogP contribution in [0.2, 0.25) is 0 Å². The molecular formula is C15H14F2N4O2. The molecule has 120 valence electrons. The van der Waals surface area contributed by atoms with Crippen LogP contribution in [0.5, 0.6) is 5.75 Å². The van der Waals surface area contributed by atoms with Crippen molar-refractivity contribution in [1.82, 2.24) is 14.8 Å². The number of fused-ring (bicyclic) bond motifs is 1. The number of nitrogens with one attached hydrogen (secondary N) is 1. The summed E-state index contributed by atoms with van der Waals surface area (Å²) in [6, 6.07) is 5.68. The molecule has 8 heteroatoms. The molecule has 0 fully saturated rings. The van der Waals surface area contributed by atoms with E-state index in [2.05, 4.69) is 20.1 Å². The van der Waals surface area contributed by atoms with Crippen LogP contribution in [0.4, 0.5) is 14.7 Å². The van der Waals surface area contributed by atoms with Crippen LogP contribution in [0.15, 0.2) is 41.9 Å². The molecule has 0 radical (unpaired) electrons. The van der Waals surface area contributed by atoms with Crippen LogP contribution >= 0.6 is 0 Å². The number of anilines is 1. The van der Waals surface area contributed by atoms with E-state index in [0.717, 1.165) is 5.56 Å². The molecule has 2 aromatic rings. The predicted molar refractivity (Wildman–Crippen MR) is 78.2 cm³/mol. The first-order chi connectivity index (χ1) is 11.0. The lowest BCUT2D eigenvalue weighted by molar-refractivity contribution is -0.114. The Morgan fingerprint density at radius 2 is 2.04 bits per heavy atom. The van der Waals surface area contributed by atoms with E-state index >= 15 is 0 Å². The molecule has 0 bridgehead atoms. The standard InChI is InChI=1S/C15H14F2N4O2/c1-8-12(9(2)22)13(21-15(20-8)18-7-19-21)10-3-5-11(6-4-10)23-14(16)17/h3-7,13-14H,1-2H3,(H,18,19,20)/t13-/m0/s1. The second-order valence-corrected chi connectivity index (χ2v) is 5.10. The number of rotatable bonds is 4. The monoisotopic (exact) mass is 320 g/mol. The van der Waals surface area contributed by atoms with Gasteiger partial charge in [0.2, 0.25) is 5.95 Å². The molecule has 0 saturated heterocycles. The van der Waals surface area contributed by atoms with Crippen molar-refractivity contribution >= 4 is 11.7 Å². The summed E-state index contributed by atoms with van der Waals surface area (Å²) in [6.45, 7) is 0.386. The Bertz CT molecular complexity index is 768. The highest BCUT2D eigenvalue weighted by molar-refractivity contribution is 5.96. The maximum absolute atomic E-state index is 12.2. The van der Waals surface area contributed by atoms with Crippen LogP contribution in [0.1, 0.15) is 25.5 Å². The van der Waals surface area contributed by atoms with Gasteiger partial charge in [0, 0.05) is 11.3 Å². The fourth-order valence-electron chi connectivity index (χ4n) is 2.69. The normalized spacial score (nSPS) is 17.0. The van der Waals surface area contributed by atoms with Gasteiger partial charge in [-0.1, -0.05) is 12.1 Å². The van der Waals surface area contributed by atoms with E-state index in [9.17, 15) is 13.6 Å². The van der Waals surface area contributed by atoms with Gasteiger partial charge in [0.1, 0.15) is 18.1 Å². The van der Waals surface area contributed by atoms with E-state index in [1.165, 1.54) is 25.4 Å². The largest absolute Gasteiger partial charge is 0.435 e. The number of halogens is 2. The molecule has 1 aromatic carbocycles. The predicted octanol–water partition coefficient (Wildman–Crippen LogP) is 2.76. The number of carbonyl (C=O) groups excluding carboxylic acids is 1. The molecule has 23 heavy (non-hydrogen) atoms. The van der Waals surface area contributed by atoms with Crippen molar-refractivity contribution in [2.24, 2.45) is 0 Å². The number of Topliss-reactive ketones (excluding diaryl/α,β-unsaturated/α-hetero) is 1. The van der Waals surface area contributed by atoms with Crippen molar-refractivity contribution < 1.29 is 18.3 Å². The van der Waals surface area contributed by atoms with Gasteiger partial charge in [-0.15, -0.1) is 0 Å². The van der Waals surface area contributed by atoms with E-state index < -0.39 is 12.7 Å². The molecule has 3 rings (SSSR count). The van der Waals surface area contributed by atoms with Gasteiger partial charge < -0.3 is 10.1 Å². The van der Waals surface area contributed by atoms with Gasteiger partial charge in [-0.25, -0.2) is 4.68 Å². The lowest BCUT2D eigenvalue weighted by Gasteiger charge is -2.28. The number of nitrogens with zero attached hydrogens (tertiary/aromatic N) is 3. The lowest BCUT2D eigenvalue weighted by Crippen LogP contribution is -2.27. The van der Waals surface area contributed by atoms with Crippen molar-refractivity contribution in [3.8, 4) is 5.75 Å². The molecule has 6 nitrogen and oxygen atoms in total. The molecule has 0 saturated carbocycles. The Morgan fingerprint density at radius 1 is 1.35 bits per heavy atom. The Kier molecular flexibility index (Phi) is 3.81. The first kappa shape index (κ1) is 15.1. The Balaban J connectivity index is 2.04. The zero-order valence-corrected chi connectivity index (χ0v) is 12.5. The van der Waals surface area contributed by atoms with Gasteiger partial charge in [0.25, 0.3) is 0 Å². The SMILES string of the molecule is CC(=O)C1=C(C)Nc2ncnn2[C@H]1c1ccc(OC(F)F)cc1. The fourth-order valence-corrected chi connectivity index (χ4v) is 2.69. The summed E-state index contributed by atoms with van der Waals surface area (Å²) in [6.07, 6.45) is 1.39. The van der Waals surface area contributed by atoms with E-state index in [0.29, 0.717) is 17.2 Å². The number of benzene rings is 1. The number of aromatic nitrogens is 3. The quantitative estimate of drug-likeness (QED) is 0.938. The molecule has 1 aliphatic rings. The number of ether oxygens (including phenoxy) is 1. The minimum atomic E-state index is -2.88. The average Bonchev–Trinajstić information content (AvgIpc) is 2.93. The highest BCUT2D eigenvalue weighted by atomic mass is 19.3. The average molecular weight is 320 g/mol. The topological polar surface area (TPSA) is 69.0 Å². The van der Waals surface area contributed by atoms with Gasteiger partial charge in [0.15, 0.2) is 5.78 Å². The first-order valence-corrected chi connectivity index (χ1v) is 6.90. The smallest absolute Gasteiger partial charge is 0.387 e. The Labute approximate surface area is 130 Å². The summed E-state index contributed by atoms with van der Waals surface area (Å²) in [5.41, 5.74) is 1.96. The molecule has 0 spiro atoms. The minimum absolute atomic E-state index is 0.0570. The lowest BCUT2D eigenvalue weighted by atomic mass is 9.93. The summed E-state index contributed by atoms with van der Waals surface area (Å²) in [7, 11) is 0. The summed E-state index contributed by atoms with van der Waals surface area (Å²) in [4.78, 5) is 16.2. The van der Waals surface area contributed by atoms with Crippen molar-refractivity contribution in [1.29, 1.82) is 0 Å². The van der Waals surface area contributed by atoms with Crippen molar-refractivity contribution in [3.63, 3.8) is 0 Å². The Hall–Kier alpha value is -2.77. The third kappa shape index (κ3) is 2.79. The van der Waals surface area contributed by atoms with Crippen molar-refractivity contribution in [2.75, 3.05) is 5.32 Å². The number of alkyl halides is 2. The zero-order valence-electron chi connectivity index (χ0n) is 12.5. The van der Waals surface area contributed by atoms with Crippen LogP contribution in [0.3, 0.4) is 0 Å². The minimum Gasteiger partial charge on any atom is -0.435 e. The van der Waals surface area contributed by atoms with Gasteiger partial charge >= 0.3 is 6.61 Å². The van der Waals surface area contributed by atoms with Gasteiger partial charge in [0.05, 0.1) is 0 Å². The zero-order chi connectivity index (χ0) is 16.6. The molecule has 0 amide bonds. The number of allylic oxidation sites excluding steroid dienone is 2. The molecule has 1 aromatic heterocycles.